The number of rotatable bonds is 4. The van der Waals surface area contributed by atoms with Gasteiger partial charge in [0.25, 0.3) is 0 Å². The largest absolute Gasteiger partial charge is 0.494 e. The molecule has 0 bridgehead atoms. The third-order valence-corrected chi connectivity index (χ3v) is 4.57. The first-order chi connectivity index (χ1) is 10.3. The average molecular weight is 285 g/mol. The van der Waals surface area contributed by atoms with Crippen molar-refractivity contribution in [2.75, 3.05) is 11.9 Å². The lowest BCUT2D eigenvalue weighted by Crippen LogP contribution is -2.15. The first-order valence-electron chi connectivity index (χ1n) is 7.98. The highest BCUT2D eigenvalue weighted by atomic mass is 16.5. The van der Waals surface area contributed by atoms with E-state index < -0.39 is 0 Å². The van der Waals surface area contributed by atoms with Crippen molar-refractivity contribution in [3.05, 3.63) is 36.4 Å². The predicted molar refractivity (Wildman–Crippen MR) is 84.3 cm³/mol. The first-order valence-corrected chi connectivity index (χ1v) is 7.98. The molecule has 0 aliphatic heterocycles. The molecule has 1 fully saturated rings. The zero-order chi connectivity index (χ0) is 14.7. The lowest BCUT2D eigenvalue weighted by atomic mass is 10.1. The molecule has 2 aliphatic carbocycles. The number of hydrogen-bond donors (Lipinski definition) is 1. The standard InChI is InChI=1S/C18H23NO2/c1-2-21-14-11-9-13(10-12-14)19-18(20)17-15-7-5-3-4-6-8-16(15)17/h3-4,9-12,15-17H,2,5-8H2,1H3,(H,19,20)/t15-,16-/m1/s1. The van der Waals surface area contributed by atoms with Gasteiger partial charge in [-0.05, 0) is 68.7 Å². The number of amides is 1. The Labute approximate surface area is 126 Å². The molecule has 112 valence electrons. The van der Waals surface area contributed by atoms with E-state index in [1.807, 2.05) is 31.2 Å². The summed E-state index contributed by atoms with van der Waals surface area (Å²) in [6.07, 6.45) is 9.07. The molecule has 0 saturated heterocycles. The maximum Gasteiger partial charge on any atom is 0.228 e. The summed E-state index contributed by atoms with van der Waals surface area (Å²) >= 11 is 0. The molecule has 3 rings (SSSR count). The number of allylic oxidation sites excluding steroid dienone is 2. The number of carbonyl (C=O) groups is 1. The Kier molecular flexibility index (Phi) is 4.28. The minimum atomic E-state index is 0.191. The molecule has 1 N–H and O–H groups in total. The molecule has 0 heterocycles. The Balaban J connectivity index is 1.57. The molecular formula is C18H23NO2. The van der Waals surface area contributed by atoms with Gasteiger partial charge < -0.3 is 10.1 Å². The van der Waals surface area contributed by atoms with Gasteiger partial charge in [0, 0.05) is 11.6 Å². The lowest BCUT2D eigenvalue weighted by molar-refractivity contribution is -0.117. The highest BCUT2D eigenvalue weighted by Gasteiger charge is 2.53. The molecule has 0 aromatic heterocycles. The quantitative estimate of drug-likeness (QED) is 0.849. The molecule has 3 heteroatoms. The van der Waals surface area contributed by atoms with Crippen LogP contribution in [0, 0.1) is 17.8 Å². The van der Waals surface area contributed by atoms with Gasteiger partial charge in [-0.2, -0.15) is 0 Å². The maximum atomic E-state index is 12.4. The highest BCUT2D eigenvalue weighted by molar-refractivity contribution is 5.94. The number of nitrogens with one attached hydrogen (secondary N) is 1. The molecule has 2 aliphatic rings. The van der Waals surface area contributed by atoms with Crippen LogP contribution in [0.1, 0.15) is 32.6 Å². The van der Waals surface area contributed by atoms with Crippen LogP contribution in [-0.2, 0) is 4.79 Å². The van der Waals surface area contributed by atoms with E-state index in [0.29, 0.717) is 18.4 Å². The topological polar surface area (TPSA) is 38.3 Å². The van der Waals surface area contributed by atoms with Gasteiger partial charge in [0.15, 0.2) is 0 Å². The third kappa shape index (κ3) is 3.29. The Morgan fingerprint density at radius 3 is 2.33 bits per heavy atom. The van der Waals surface area contributed by atoms with Crippen LogP contribution in [0.15, 0.2) is 36.4 Å². The van der Waals surface area contributed by atoms with Gasteiger partial charge in [-0.25, -0.2) is 0 Å². The van der Waals surface area contributed by atoms with Crippen molar-refractivity contribution in [2.24, 2.45) is 17.8 Å². The molecular weight excluding hydrogens is 262 g/mol. The van der Waals surface area contributed by atoms with E-state index in [1.54, 1.807) is 0 Å². The van der Waals surface area contributed by atoms with E-state index in [-0.39, 0.29) is 11.8 Å². The smallest absolute Gasteiger partial charge is 0.228 e. The van der Waals surface area contributed by atoms with Crippen molar-refractivity contribution in [1.29, 1.82) is 0 Å². The van der Waals surface area contributed by atoms with Crippen LogP contribution in [0.2, 0.25) is 0 Å². The minimum Gasteiger partial charge on any atom is -0.494 e. The number of fused-ring (bicyclic) bond motifs is 1. The molecule has 1 aromatic rings. The number of benzene rings is 1. The maximum absolute atomic E-state index is 12.4. The number of carbonyl (C=O) groups excluding carboxylic acids is 1. The number of ether oxygens (including phenoxy) is 1. The second-order valence-corrected chi connectivity index (χ2v) is 5.93. The van der Waals surface area contributed by atoms with Crippen molar-refractivity contribution >= 4 is 11.6 Å². The molecule has 2 atom stereocenters. The normalized spacial score (nSPS) is 27.2. The fourth-order valence-electron chi connectivity index (χ4n) is 3.46. The van der Waals surface area contributed by atoms with Crippen LogP contribution in [0.3, 0.4) is 0 Å². The van der Waals surface area contributed by atoms with E-state index in [0.717, 1.165) is 37.1 Å². The van der Waals surface area contributed by atoms with Crippen molar-refractivity contribution in [3.8, 4) is 5.75 Å². The monoisotopic (exact) mass is 285 g/mol. The van der Waals surface area contributed by atoms with Crippen LogP contribution in [0.5, 0.6) is 5.75 Å². The first kappa shape index (κ1) is 14.2. The molecule has 0 radical (unpaired) electrons. The Morgan fingerprint density at radius 2 is 1.76 bits per heavy atom. The Hall–Kier alpha value is -1.77. The number of hydrogen-bond acceptors (Lipinski definition) is 2. The van der Waals surface area contributed by atoms with Crippen LogP contribution < -0.4 is 10.1 Å². The molecule has 1 saturated carbocycles. The van der Waals surface area contributed by atoms with Crippen LogP contribution in [0.4, 0.5) is 5.69 Å². The van der Waals surface area contributed by atoms with Gasteiger partial charge in [0.2, 0.25) is 5.91 Å². The Morgan fingerprint density at radius 1 is 1.14 bits per heavy atom. The fraction of sp³-hybridized carbons (Fsp3) is 0.500. The predicted octanol–water partition coefficient (Wildman–Crippen LogP) is 4.02. The summed E-state index contributed by atoms with van der Waals surface area (Å²) in [6, 6.07) is 7.63. The highest BCUT2D eigenvalue weighted by Crippen LogP contribution is 2.53. The van der Waals surface area contributed by atoms with Gasteiger partial charge in [-0.3, -0.25) is 4.79 Å². The molecule has 1 amide bonds. The van der Waals surface area contributed by atoms with Crippen molar-refractivity contribution in [2.45, 2.75) is 32.6 Å². The van der Waals surface area contributed by atoms with Crippen molar-refractivity contribution in [3.63, 3.8) is 0 Å². The third-order valence-electron chi connectivity index (χ3n) is 4.57. The van der Waals surface area contributed by atoms with Crippen LogP contribution >= 0.6 is 0 Å². The summed E-state index contributed by atoms with van der Waals surface area (Å²) in [7, 11) is 0. The second-order valence-electron chi connectivity index (χ2n) is 5.93. The van der Waals surface area contributed by atoms with Crippen molar-refractivity contribution < 1.29 is 9.53 Å². The van der Waals surface area contributed by atoms with Crippen LogP contribution in [-0.4, -0.2) is 12.5 Å². The summed E-state index contributed by atoms with van der Waals surface area (Å²) in [5.41, 5.74) is 0.862. The average Bonchev–Trinajstić information content (AvgIpc) is 3.12. The van der Waals surface area contributed by atoms with E-state index in [2.05, 4.69) is 17.5 Å². The Bertz CT molecular complexity index is 505. The molecule has 1 aromatic carbocycles. The zero-order valence-corrected chi connectivity index (χ0v) is 12.5. The van der Waals surface area contributed by atoms with Gasteiger partial charge in [0.05, 0.1) is 6.61 Å². The molecule has 3 nitrogen and oxygen atoms in total. The minimum absolute atomic E-state index is 0.191. The van der Waals surface area contributed by atoms with Gasteiger partial charge in [-0.1, -0.05) is 12.2 Å². The summed E-state index contributed by atoms with van der Waals surface area (Å²) in [5.74, 6) is 2.44. The summed E-state index contributed by atoms with van der Waals surface area (Å²) in [4.78, 5) is 12.4. The van der Waals surface area contributed by atoms with Gasteiger partial charge in [-0.15, -0.1) is 0 Å². The SMILES string of the molecule is CCOc1ccc(NC(=O)C2[C@@H]3CCC=CCC[C@@H]23)cc1. The number of anilines is 1. The van der Waals surface area contributed by atoms with E-state index in [9.17, 15) is 4.79 Å². The second kappa shape index (κ2) is 6.33. The van der Waals surface area contributed by atoms with Gasteiger partial charge >= 0.3 is 0 Å². The van der Waals surface area contributed by atoms with Crippen molar-refractivity contribution in [1.82, 2.24) is 0 Å². The van der Waals surface area contributed by atoms with E-state index in [4.69, 9.17) is 4.74 Å². The summed E-state index contributed by atoms with van der Waals surface area (Å²) < 4.78 is 5.41. The molecule has 0 unspecified atom stereocenters. The van der Waals surface area contributed by atoms with Crippen LogP contribution in [0.25, 0.3) is 0 Å². The summed E-state index contributed by atoms with van der Waals surface area (Å²) in [6.45, 7) is 2.62. The lowest BCUT2D eigenvalue weighted by Gasteiger charge is -2.07. The van der Waals surface area contributed by atoms with E-state index >= 15 is 0 Å². The van der Waals surface area contributed by atoms with E-state index in [1.165, 1.54) is 0 Å². The molecule has 0 spiro atoms. The summed E-state index contributed by atoms with van der Waals surface area (Å²) in [5, 5.41) is 3.06. The fourth-order valence-corrected chi connectivity index (χ4v) is 3.46. The van der Waals surface area contributed by atoms with Gasteiger partial charge in [0.1, 0.15) is 5.75 Å². The zero-order valence-electron chi connectivity index (χ0n) is 12.5. The molecule has 21 heavy (non-hydrogen) atoms.